The second-order valence-corrected chi connectivity index (χ2v) is 3.00. The summed E-state index contributed by atoms with van der Waals surface area (Å²) in [6, 6.07) is 8.23. The lowest BCUT2D eigenvalue weighted by Crippen LogP contribution is -1.91. The van der Waals surface area contributed by atoms with Gasteiger partial charge in [0.1, 0.15) is 0 Å². The zero-order chi connectivity index (χ0) is 9.52. The van der Waals surface area contributed by atoms with Crippen LogP contribution in [-0.4, -0.2) is 6.61 Å². The van der Waals surface area contributed by atoms with Gasteiger partial charge in [0.05, 0.1) is 6.61 Å². The Balaban J connectivity index is 2.67. The minimum absolute atomic E-state index is 0.685. The number of ether oxygens (including phenoxy) is 1. The summed E-state index contributed by atoms with van der Waals surface area (Å²) in [5.74, 6) is 0. The van der Waals surface area contributed by atoms with E-state index < -0.39 is 0 Å². The smallest absolute Gasteiger partial charge is 0.0716 e. The number of hydrogen-bond acceptors (Lipinski definition) is 2. The highest BCUT2D eigenvalue weighted by Crippen LogP contribution is 2.08. The molecular formula is C11H14OS. The Morgan fingerprint density at radius 1 is 1.46 bits per heavy atom. The van der Waals surface area contributed by atoms with Crippen molar-refractivity contribution in [1.82, 2.24) is 0 Å². The Morgan fingerprint density at radius 3 is 3.00 bits per heavy atom. The van der Waals surface area contributed by atoms with E-state index in [2.05, 4.69) is 24.8 Å². The Hall–Kier alpha value is -0.730. The second-order valence-electron chi connectivity index (χ2n) is 2.70. The normalized spacial score (nSPS) is 10.9. The zero-order valence-corrected chi connectivity index (χ0v) is 8.63. The molecule has 0 heterocycles. The highest BCUT2D eigenvalue weighted by molar-refractivity contribution is 7.83. The Kier molecular flexibility index (Phi) is 4.65. The molecule has 0 N–H and O–H groups in total. The molecule has 13 heavy (non-hydrogen) atoms. The summed E-state index contributed by atoms with van der Waals surface area (Å²) in [5.41, 5.74) is 2.36. The average molecular weight is 194 g/mol. The quantitative estimate of drug-likeness (QED) is 0.724. The molecule has 1 aromatic carbocycles. The van der Waals surface area contributed by atoms with Gasteiger partial charge in [0.2, 0.25) is 0 Å². The van der Waals surface area contributed by atoms with Gasteiger partial charge in [0.15, 0.2) is 0 Å². The summed E-state index contributed by atoms with van der Waals surface area (Å²) in [5, 5.41) is 1.74. The van der Waals surface area contributed by atoms with E-state index in [1.165, 1.54) is 5.56 Å². The fraction of sp³-hybridized carbons (Fsp3) is 0.273. The van der Waals surface area contributed by atoms with Gasteiger partial charge in [-0.3, -0.25) is 0 Å². The van der Waals surface area contributed by atoms with E-state index >= 15 is 0 Å². The molecule has 0 radical (unpaired) electrons. The van der Waals surface area contributed by atoms with Crippen LogP contribution in [0.25, 0.3) is 6.08 Å². The molecule has 0 unspecified atom stereocenters. The topological polar surface area (TPSA) is 9.23 Å². The van der Waals surface area contributed by atoms with Crippen LogP contribution >= 0.6 is 12.6 Å². The minimum Gasteiger partial charge on any atom is -0.377 e. The van der Waals surface area contributed by atoms with Gasteiger partial charge in [0.25, 0.3) is 0 Å². The molecule has 70 valence electrons. The molecule has 0 spiro atoms. The molecule has 0 aromatic heterocycles. The number of benzene rings is 1. The van der Waals surface area contributed by atoms with Crippen LogP contribution in [0.3, 0.4) is 0 Å². The monoisotopic (exact) mass is 194 g/mol. The fourth-order valence-electron chi connectivity index (χ4n) is 1.09. The van der Waals surface area contributed by atoms with Crippen LogP contribution in [-0.2, 0) is 11.3 Å². The lowest BCUT2D eigenvalue weighted by molar-refractivity contribution is 0.134. The third-order valence-corrected chi connectivity index (χ3v) is 1.84. The maximum atomic E-state index is 5.31. The van der Waals surface area contributed by atoms with Gasteiger partial charge in [-0.2, -0.15) is 12.6 Å². The maximum absolute atomic E-state index is 5.31. The van der Waals surface area contributed by atoms with E-state index in [4.69, 9.17) is 4.74 Å². The van der Waals surface area contributed by atoms with Crippen LogP contribution in [0.1, 0.15) is 18.1 Å². The molecule has 0 aliphatic heterocycles. The lowest BCUT2D eigenvalue weighted by atomic mass is 10.1. The van der Waals surface area contributed by atoms with E-state index in [1.54, 1.807) is 5.41 Å². The Bertz CT molecular complexity index is 281. The van der Waals surface area contributed by atoms with Crippen molar-refractivity contribution in [3.8, 4) is 0 Å². The third-order valence-electron chi connectivity index (χ3n) is 1.69. The van der Waals surface area contributed by atoms with Crippen LogP contribution in [0.4, 0.5) is 0 Å². The van der Waals surface area contributed by atoms with Crippen LogP contribution in [0.5, 0.6) is 0 Å². The second kappa shape index (κ2) is 5.84. The van der Waals surface area contributed by atoms with Crippen molar-refractivity contribution in [2.24, 2.45) is 0 Å². The van der Waals surface area contributed by atoms with Crippen molar-refractivity contribution < 1.29 is 4.74 Å². The van der Waals surface area contributed by atoms with Crippen molar-refractivity contribution in [3.05, 3.63) is 40.8 Å². The third kappa shape index (κ3) is 3.66. The predicted molar refractivity (Wildman–Crippen MR) is 59.8 cm³/mol. The van der Waals surface area contributed by atoms with Crippen molar-refractivity contribution in [2.75, 3.05) is 6.61 Å². The van der Waals surface area contributed by atoms with E-state index in [0.29, 0.717) is 6.61 Å². The number of rotatable bonds is 4. The molecule has 0 bridgehead atoms. The molecule has 1 rings (SSSR count). The zero-order valence-electron chi connectivity index (χ0n) is 7.73. The first-order valence-corrected chi connectivity index (χ1v) is 4.86. The number of thiol groups is 1. The fourth-order valence-corrected chi connectivity index (χ4v) is 1.26. The molecule has 0 amide bonds. The highest BCUT2D eigenvalue weighted by Gasteiger charge is 1.92. The van der Waals surface area contributed by atoms with E-state index in [1.807, 2.05) is 25.1 Å². The largest absolute Gasteiger partial charge is 0.377 e. The molecule has 1 aromatic rings. The first kappa shape index (κ1) is 10.4. The molecule has 2 heteroatoms. The van der Waals surface area contributed by atoms with E-state index in [0.717, 1.165) is 12.2 Å². The van der Waals surface area contributed by atoms with E-state index in [-0.39, 0.29) is 0 Å². The molecule has 0 aliphatic rings. The number of hydrogen-bond donors (Lipinski definition) is 1. The lowest BCUT2D eigenvalue weighted by Gasteiger charge is -2.02. The first-order chi connectivity index (χ1) is 6.36. The summed E-state index contributed by atoms with van der Waals surface area (Å²) >= 11 is 4.02. The highest BCUT2D eigenvalue weighted by atomic mass is 32.1. The standard InChI is InChI=1S/C11H14OS/c1-2-12-9-11-5-3-4-10(8-11)6-7-13/h3-8,13H,2,9H2,1H3/b7-6+. The van der Waals surface area contributed by atoms with Crippen molar-refractivity contribution in [2.45, 2.75) is 13.5 Å². The molecule has 0 fully saturated rings. The Morgan fingerprint density at radius 2 is 2.31 bits per heavy atom. The summed E-state index contributed by atoms with van der Waals surface area (Å²) in [6.45, 7) is 3.44. The van der Waals surface area contributed by atoms with Gasteiger partial charge in [-0.25, -0.2) is 0 Å². The molecular weight excluding hydrogens is 180 g/mol. The summed E-state index contributed by atoms with van der Waals surface area (Å²) in [4.78, 5) is 0. The predicted octanol–water partition coefficient (Wildman–Crippen LogP) is 3.12. The van der Waals surface area contributed by atoms with E-state index in [9.17, 15) is 0 Å². The van der Waals surface area contributed by atoms with Crippen molar-refractivity contribution in [3.63, 3.8) is 0 Å². The summed E-state index contributed by atoms with van der Waals surface area (Å²) < 4.78 is 5.31. The molecule has 0 aliphatic carbocycles. The Labute approximate surface area is 84.8 Å². The molecule has 1 nitrogen and oxygen atoms in total. The van der Waals surface area contributed by atoms with Gasteiger partial charge >= 0.3 is 0 Å². The van der Waals surface area contributed by atoms with Crippen LogP contribution in [0.2, 0.25) is 0 Å². The van der Waals surface area contributed by atoms with Crippen molar-refractivity contribution >= 4 is 18.7 Å². The van der Waals surface area contributed by atoms with Crippen molar-refractivity contribution in [1.29, 1.82) is 0 Å². The van der Waals surface area contributed by atoms with Gasteiger partial charge in [-0.15, -0.1) is 0 Å². The minimum atomic E-state index is 0.685. The van der Waals surface area contributed by atoms with Gasteiger partial charge < -0.3 is 4.74 Å². The van der Waals surface area contributed by atoms with Gasteiger partial charge in [0, 0.05) is 6.61 Å². The van der Waals surface area contributed by atoms with Gasteiger partial charge in [-0.1, -0.05) is 18.2 Å². The summed E-state index contributed by atoms with van der Waals surface area (Å²) in [6.07, 6.45) is 1.96. The van der Waals surface area contributed by atoms with Crippen LogP contribution < -0.4 is 0 Å². The molecule has 0 saturated heterocycles. The van der Waals surface area contributed by atoms with Crippen LogP contribution in [0, 0.1) is 0 Å². The first-order valence-electron chi connectivity index (χ1n) is 4.34. The molecule has 0 saturated carbocycles. The molecule has 0 atom stereocenters. The van der Waals surface area contributed by atoms with Gasteiger partial charge in [-0.05, 0) is 35.6 Å². The van der Waals surface area contributed by atoms with Crippen LogP contribution in [0.15, 0.2) is 29.7 Å². The average Bonchev–Trinajstić information content (AvgIpc) is 2.16. The maximum Gasteiger partial charge on any atom is 0.0716 e. The SMILES string of the molecule is CCOCc1cccc(/C=C/S)c1. The summed E-state index contributed by atoms with van der Waals surface area (Å²) in [7, 11) is 0.